The molecule has 0 atom stereocenters. The van der Waals surface area contributed by atoms with Crippen LogP contribution in [0.2, 0.25) is 5.02 Å². The monoisotopic (exact) mass is 430 g/mol. The summed E-state index contributed by atoms with van der Waals surface area (Å²) in [6, 6.07) is 10.8. The van der Waals surface area contributed by atoms with Gasteiger partial charge in [0, 0.05) is 24.7 Å². The minimum atomic E-state index is -0.825. The Morgan fingerprint density at radius 3 is 2.57 bits per heavy atom. The number of carbonyl (C=O) groups is 1. The highest BCUT2D eigenvalue weighted by Gasteiger charge is 2.23. The molecule has 0 aliphatic heterocycles. The summed E-state index contributed by atoms with van der Waals surface area (Å²) in [5.74, 6) is -1.17. The van der Waals surface area contributed by atoms with E-state index in [4.69, 9.17) is 11.6 Å². The molecule has 2 aromatic carbocycles. The third-order valence-corrected chi connectivity index (χ3v) is 4.95. The molecule has 0 saturated carbocycles. The van der Waals surface area contributed by atoms with Gasteiger partial charge in [0.05, 0.1) is 12.2 Å². The van der Waals surface area contributed by atoms with Crippen LogP contribution in [-0.2, 0) is 6.54 Å². The van der Waals surface area contributed by atoms with Crippen molar-refractivity contribution in [2.24, 2.45) is 0 Å². The molecule has 1 amide bonds. The van der Waals surface area contributed by atoms with Gasteiger partial charge in [0.25, 0.3) is 11.5 Å². The van der Waals surface area contributed by atoms with Gasteiger partial charge in [-0.3, -0.25) is 14.2 Å². The summed E-state index contributed by atoms with van der Waals surface area (Å²) in [5, 5.41) is 4.43. The summed E-state index contributed by atoms with van der Waals surface area (Å²) in [5.41, 5.74) is -0.955. The van der Waals surface area contributed by atoms with E-state index in [-0.39, 0.29) is 12.2 Å². The molecule has 0 unspecified atom stereocenters. The Bertz CT molecular complexity index is 1240. The number of nitrogens with zero attached hydrogens (tertiary/aromatic N) is 4. The predicted octanol–water partition coefficient (Wildman–Crippen LogP) is 2.64. The first-order chi connectivity index (χ1) is 14.2. The van der Waals surface area contributed by atoms with Crippen LogP contribution < -0.4 is 11.2 Å². The van der Waals surface area contributed by atoms with Gasteiger partial charge in [-0.2, -0.15) is 9.78 Å². The minimum absolute atomic E-state index is 0.108. The van der Waals surface area contributed by atoms with Gasteiger partial charge in [0.2, 0.25) is 5.69 Å². The molecule has 3 aromatic rings. The number of aromatic nitrogens is 3. The van der Waals surface area contributed by atoms with Crippen molar-refractivity contribution in [2.45, 2.75) is 20.4 Å². The van der Waals surface area contributed by atoms with Crippen LogP contribution in [0.3, 0.4) is 0 Å². The number of hydrogen-bond acceptors (Lipinski definition) is 4. The molecule has 0 aliphatic rings. The Balaban J connectivity index is 2.26. The summed E-state index contributed by atoms with van der Waals surface area (Å²) in [4.78, 5) is 40.1. The second-order valence-corrected chi connectivity index (χ2v) is 7.25. The predicted molar refractivity (Wildman–Crippen MR) is 112 cm³/mol. The molecule has 0 N–H and O–H groups in total. The van der Waals surface area contributed by atoms with E-state index in [0.717, 1.165) is 15.3 Å². The highest BCUT2D eigenvalue weighted by Crippen LogP contribution is 2.13. The molecule has 9 heteroatoms. The van der Waals surface area contributed by atoms with Crippen LogP contribution in [0.5, 0.6) is 0 Å². The van der Waals surface area contributed by atoms with Crippen molar-refractivity contribution in [1.82, 2.24) is 19.2 Å². The average Bonchev–Trinajstić information content (AvgIpc) is 2.72. The van der Waals surface area contributed by atoms with Crippen molar-refractivity contribution >= 4 is 17.5 Å². The molecule has 7 nitrogen and oxygen atoms in total. The first kappa shape index (κ1) is 21.4. The quantitative estimate of drug-likeness (QED) is 0.623. The fraction of sp³-hybridized carbons (Fsp3) is 0.238. The number of halogens is 2. The van der Waals surface area contributed by atoms with Crippen LogP contribution in [0.1, 0.15) is 28.5 Å². The van der Waals surface area contributed by atoms with Crippen LogP contribution in [0.15, 0.2) is 52.1 Å². The van der Waals surface area contributed by atoms with E-state index in [1.165, 1.54) is 24.1 Å². The summed E-state index contributed by atoms with van der Waals surface area (Å²) in [6.45, 7) is 3.55. The number of benzene rings is 2. The Labute approximate surface area is 176 Å². The molecule has 0 bridgehead atoms. The highest BCUT2D eigenvalue weighted by atomic mass is 35.5. The molecule has 1 heterocycles. The summed E-state index contributed by atoms with van der Waals surface area (Å²) >= 11 is 6.01. The van der Waals surface area contributed by atoms with Crippen molar-refractivity contribution in [2.75, 3.05) is 13.6 Å². The Hall–Kier alpha value is -3.26. The summed E-state index contributed by atoms with van der Waals surface area (Å²) in [6.07, 6.45) is 0. The van der Waals surface area contributed by atoms with Crippen LogP contribution in [0, 0.1) is 12.7 Å². The van der Waals surface area contributed by atoms with Crippen LogP contribution in [0.25, 0.3) is 5.69 Å². The van der Waals surface area contributed by atoms with E-state index < -0.39 is 28.7 Å². The topological polar surface area (TPSA) is 77.2 Å². The van der Waals surface area contributed by atoms with Gasteiger partial charge in [-0.05, 0) is 43.2 Å². The third-order valence-electron chi connectivity index (χ3n) is 4.71. The molecule has 0 spiro atoms. The zero-order chi connectivity index (χ0) is 22.0. The lowest BCUT2D eigenvalue weighted by Gasteiger charge is -2.16. The molecule has 156 valence electrons. The van der Waals surface area contributed by atoms with Gasteiger partial charge in [0.15, 0.2) is 0 Å². The summed E-state index contributed by atoms with van der Waals surface area (Å²) in [7, 11) is 1.52. The lowest BCUT2D eigenvalue weighted by molar-refractivity contribution is 0.0791. The summed E-state index contributed by atoms with van der Waals surface area (Å²) < 4.78 is 15.9. The van der Waals surface area contributed by atoms with Crippen molar-refractivity contribution in [3.8, 4) is 5.69 Å². The van der Waals surface area contributed by atoms with E-state index in [1.807, 2.05) is 0 Å². The minimum Gasteiger partial charge on any atom is -0.340 e. The van der Waals surface area contributed by atoms with E-state index in [9.17, 15) is 18.8 Å². The van der Waals surface area contributed by atoms with E-state index in [2.05, 4.69) is 5.10 Å². The number of aryl methyl sites for hydroxylation is 1. The number of carbonyl (C=O) groups excluding carboxylic acids is 1. The number of hydrogen-bond donors (Lipinski definition) is 0. The fourth-order valence-corrected chi connectivity index (χ4v) is 3.03. The van der Waals surface area contributed by atoms with Crippen LogP contribution in [-0.4, -0.2) is 38.7 Å². The Kier molecular flexibility index (Phi) is 6.17. The molecule has 0 radical (unpaired) electrons. The molecule has 0 fully saturated rings. The van der Waals surface area contributed by atoms with Crippen molar-refractivity contribution < 1.29 is 9.18 Å². The van der Waals surface area contributed by atoms with Gasteiger partial charge in [-0.25, -0.2) is 9.18 Å². The largest absolute Gasteiger partial charge is 0.352 e. The third kappa shape index (κ3) is 4.18. The second-order valence-electron chi connectivity index (χ2n) is 6.82. The fourth-order valence-electron chi connectivity index (χ4n) is 2.81. The molecular weight excluding hydrogens is 411 g/mol. The number of rotatable bonds is 5. The SMILES string of the molecule is CCN(C)C(=O)c1nn(-c2ccc(C)c(F)c2)c(=O)n(Cc2cccc(Cl)c2)c1=O. The number of amides is 1. The molecule has 1 aromatic heterocycles. The van der Waals surface area contributed by atoms with Crippen molar-refractivity contribution in [1.29, 1.82) is 0 Å². The normalized spacial score (nSPS) is 10.8. The molecule has 0 aliphatic carbocycles. The maximum absolute atomic E-state index is 14.1. The Morgan fingerprint density at radius 2 is 1.93 bits per heavy atom. The lowest BCUT2D eigenvalue weighted by Crippen LogP contribution is -2.46. The molecule has 3 rings (SSSR count). The van der Waals surface area contributed by atoms with E-state index in [0.29, 0.717) is 22.7 Å². The highest BCUT2D eigenvalue weighted by molar-refractivity contribution is 6.30. The lowest BCUT2D eigenvalue weighted by atomic mass is 10.2. The first-order valence-electron chi connectivity index (χ1n) is 9.23. The van der Waals surface area contributed by atoms with Gasteiger partial charge in [-0.15, -0.1) is 0 Å². The van der Waals surface area contributed by atoms with Gasteiger partial charge < -0.3 is 4.90 Å². The average molecular weight is 431 g/mol. The smallest absolute Gasteiger partial charge is 0.340 e. The second kappa shape index (κ2) is 8.62. The maximum Gasteiger partial charge on any atom is 0.352 e. The van der Waals surface area contributed by atoms with Crippen LogP contribution in [0.4, 0.5) is 4.39 Å². The van der Waals surface area contributed by atoms with Gasteiger partial charge >= 0.3 is 5.69 Å². The maximum atomic E-state index is 14.1. The van der Waals surface area contributed by atoms with Crippen LogP contribution >= 0.6 is 11.6 Å². The molecular formula is C21H20ClFN4O3. The van der Waals surface area contributed by atoms with Gasteiger partial charge in [-0.1, -0.05) is 29.8 Å². The van der Waals surface area contributed by atoms with Crippen molar-refractivity contribution in [3.63, 3.8) is 0 Å². The zero-order valence-corrected chi connectivity index (χ0v) is 17.5. The van der Waals surface area contributed by atoms with Gasteiger partial charge in [0.1, 0.15) is 5.82 Å². The molecule has 0 saturated heterocycles. The Morgan fingerprint density at radius 1 is 1.20 bits per heavy atom. The first-order valence-corrected chi connectivity index (χ1v) is 9.61. The molecule has 30 heavy (non-hydrogen) atoms. The zero-order valence-electron chi connectivity index (χ0n) is 16.7. The van der Waals surface area contributed by atoms with E-state index >= 15 is 0 Å². The standard InChI is InChI=1S/C21H20ClFN4O3/c1-4-25(3)19(28)18-20(29)26(12-14-6-5-7-15(22)10-14)21(30)27(24-18)16-9-8-13(2)17(23)11-16/h5-11H,4,12H2,1-3H3. The van der Waals surface area contributed by atoms with Crippen molar-refractivity contribution in [3.05, 3.63) is 91.0 Å². The van der Waals surface area contributed by atoms with E-state index in [1.54, 1.807) is 38.1 Å².